The van der Waals surface area contributed by atoms with Gasteiger partial charge >= 0.3 is 6.03 Å². The molecule has 2 aromatic heterocycles. The molecule has 6 heteroatoms. The molecule has 0 saturated carbocycles. The standard InChI is InChI=1S/C19H21N5O/c1-15-5-3-4-6-17(15)13-23(2)19(25)22-12-16-7-8-18(21-11-16)24-10-9-20-14-24/h3-11,14H,12-13H2,1-2H3,(H,22,25). The Bertz CT molecular complexity index is 827. The maximum atomic E-state index is 12.3. The first-order valence-corrected chi connectivity index (χ1v) is 8.10. The van der Waals surface area contributed by atoms with E-state index in [1.54, 1.807) is 30.7 Å². The van der Waals surface area contributed by atoms with Crippen molar-refractivity contribution in [3.05, 3.63) is 78.0 Å². The number of imidazole rings is 1. The van der Waals surface area contributed by atoms with Crippen LogP contribution in [0.3, 0.4) is 0 Å². The van der Waals surface area contributed by atoms with Gasteiger partial charge in [0.05, 0.1) is 0 Å². The van der Waals surface area contributed by atoms with Crippen molar-refractivity contribution in [2.45, 2.75) is 20.0 Å². The summed E-state index contributed by atoms with van der Waals surface area (Å²) >= 11 is 0. The molecule has 3 rings (SSSR count). The lowest BCUT2D eigenvalue weighted by Gasteiger charge is -2.19. The smallest absolute Gasteiger partial charge is 0.317 e. The third-order valence-electron chi connectivity index (χ3n) is 4.04. The van der Waals surface area contributed by atoms with Crippen molar-refractivity contribution in [1.29, 1.82) is 0 Å². The number of hydrogen-bond acceptors (Lipinski definition) is 3. The second kappa shape index (κ2) is 7.61. The molecule has 2 heterocycles. The van der Waals surface area contributed by atoms with Gasteiger partial charge in [-0.05, 0) is 29.7 Å². The minimum Gasteiger partial charge on any atom is -0.334 e. The summed E-state index contributed by atoms with van der Waals surface area (Å²) in [5, 5.41) is 2.92. The number of benzene rings is 1. The summed E-state index contributed by atoms with van der Waals surface area (Å²) in [6.45, 7) is 3.07. The van der Waals surface area contributed by atoms with Crippen molar-refractivity contribution < 1.29 is 4.79 Å². The molecule has 0 radical (unpaired) electrons. The van der Waals surface area contributed by atoms with Gasteiger partial charge in [-0.25, -0.2) is 14.8 Å². The molecule has 128 valence electrons. The van der Waals surface area contributed by atoms with Crippen molar-refractivity contribution in [3.63, 3.8) is 0 Å². The van der Waals surface area contributed by atoms with Gasteiger partial charge in [0.15, 0.2) is 0 Å². The Balaban J connectivity index is 1.54. The molecule has 0 aliphatic heterocycles. The van der Waals surface area contributed by atoms with E-state index < -0.39 is 0 Å². The molecule has 1 N–H and O–H groups in total. The number of amides is 2. The number of aromatic nitrogens is 3. The molecule has 6 nitrogen and oxygen atoms in total. The topological polar surface area (TPSA) is 63.1 Å². The Morgan fingerprint density at radius 2 is 2.08 bits per heavy atom. The van der Waals surface area contributed by atoms with Crippen LogP contribution in [-0.4, -0.2) is 32.5 Å². The number of aryl methyl sites for hydroxylation is 1. The molecular weight excluding hydrogens is 314 g/mol. The van der Waals surface area contributed by atoms with Gasteiger partial charge in [0, 0.05) is 38.7 Å². The number of hydrogen-bond donors (Lipinski definition) is 1. The highest BCUT2D eigenvalue weighted by Gasteiger charge is 2.10. The molecule has 0 aliphatic carbocycles. The van der Waals surface area contributed by atoms with Crippen LogP contribution in [0.15, 0.2) is 61.3 Å². The number of nitrogens with one attached hydrogen (secondary N) is 1. The van der Waals surface area contributed by atoms with E-state index in [1.807, 2.05) is 41.1 Å². The van der Waals surface area contributed by atoms with Gasteiger partial charge in [0.25, 0.3) is 0 Å². The molecule has 25 heavy (non-hydrogen) atoms. The first kappa shape index (κ1) is 16.7. The third kappa shape index (κ3) is 4.23. The predicted molar refractivity (Wildman–Crippen MR) is 96.2 cm³/mol. The quantitative estimate of drug-likeness (QED) is 0.780. The average Bonchev–Trinajstić information content (AvgIpc) is 3.16. The van der Waals surface area contributed by atoms with Crippen LogP contribution in [-0.2, 0) is 13.1 Å². The highest BCUT2D eigenvalue weighted by atomic mass is 16.2. The van der Waals surface area contributed by atoms with Crippen molar-refractivity contribution >= 4 is 6.03 Å². The zero-order valence-corrected chi connectivity index (χ0v) is 14.4. The SMILES string of the molecule is Cc1ccccc1CN(C)C(=O)NCc1ccc(-n2ccnc2)nc1. The van der Waals surface area contributed by atoms with E-state index in [4.69, 9.17) is 0 Å². The van der Waals surface area contributed by atoms with Gasteiger partial charge in [-0.2, -0.15) is 0 Å². The zero-order chi connectivity index (χ0) is 17.6. The first-order valence-electron chi connectivity index (χ1n) is 8.10. The van der Waals surface area contributed by atoms with Crippen molar-refractivity contribution in [2.24, 2.45) is 0 Å². The van der Waals surface area contributed by atoms with Gasteiger partial charge in [0.2, 0.25) is 0 Å². The van der Waals surface area contributed by atoms with Crippen LogP contribution in [0.25, 0.3) is 5.82 Å². The van der Waals surface area contributed by atoms with E-state index in [-0.39, 0.29) is 6.03 Å². The number of carbonyl (C=O) groups excluding carboxylic acids is 1. The summed E-state index contributed by atoms with van der Waals surface area (Å²) in [7, 11) is 1.79. The lowest BCUT2D eigenvalue weighted by atomic mass is 10.1. The Labute approximate surface area is 147 Å². The number of rotatable bonds is 5. The van der Waals surface area contributed by atoms with Crippen LogP contribution in [0.1, 0.15) is 16.7 Å². The molecule has 0 saturated heterocycles. The Morgan fingerprint density at radius 3 is 2.76 bits per heavy atom. The highest BCUT2D eigenvalue weighted by Crippen LogP contribution is 2.10. The second-order valence-electron chi connectivity index (χ2n) is 5.94. The van der Waals surface area contributed by atoms with Crippen molar-refractivity contribution in [3.8, 4) is 5.82 Å². The molecule has 3 aromatic rings. The monoisotopic (exact) mass is 335 g/mol. The van der Waals surface area contributed by atoms with Crippen LogP contribution in [0, 0.1) is 6.92 Å². The molecular formula is C19H21N5O. The summed E-state index contributed by atoms with van der Waals surface area (Å²) < 4.78 is 1.83. The lowest BCUT2D eigenvalue weighted by molar-refractivity contribution is 0.206. The first-order chi connectivity index (χ1) is 12.1. The number of nitrogens with zero attached hydrogens (tertiary/aromatic N) is 4. The van der Waals surface area contributed by atoms with Crippen LogP contribution in [0.5, 0.6) is 0 Å². The molecule has 2 amide bonds. The van der Waals surface area contributed by atoms with Crippen LogP contribution >= 0.6 is 0 Å². The van der Waals surface area contributed by atoms with Gasteiger partial charge in [-0.3, -0.25) is 4.57 Å². The van der Waals surface area contributed by atoms with Crippen LogP contribution < -0.4 is 5.32 Å². The number of urea groups is 1. The summed E-state index contributed by atoms with van der Waals surface area (Å²) in [5.74, 6) is 0.796. The molecule has 0 bridgehead atoms. The predicted octanol–water partition coefficient (Wildman–Crippen LogP) is 2.92. The number of pyridine rings is 1. The van der Waals surface area contributed by atoms with Gasteiger partial charge < -0.3 is 10.2 Å². The lowest BCUT2D eigenvalue weighted by Crippen LogP contribution is -2.36. The summed E-state index contributed by atoms with van der Waals surface area (Å²) in [6.07, 6.45) is 7.01. The van der Waals surface area contributed by atoms with E-state index in [9.17, 15) is 4.79 Å². The molecule has 1 aromatic carbocycles. The molecule has 0 aliphatic rings. The Morgan fingerprint density at radius 1 is 1.24 bits per heavy atom. The molecule has 0 spiro atoms. The van der Waals surface area contributed by atoms with E-state index in [0.29, 0.717) is 13.1 Å². The fraction of sp³-hybridized carbons (Fsp3) is 0.211. The average molecular weight is 335 g/mol. The van der Waals surface area contributed by atoms with E-state index in [1.165, 1.54) is 5.56 Å². The molecule has 0 fully saturated rings. The van der Waals surface area contributed by atoms with Crippen molar-refractivity contribution in [2.75, 3.05) is 7.05 Å². The van der Waals surface area contributed by atoms with Crippen molar-refractivity contribution in [1.82, 2.24) is 24.8 Å². The fourth-order valence-electron chi connectivity index (χ4n) is 2.50. The number of carbonyl (C=O) groups is 1. The molecule has 0 unspecified atom stereocenters. The second-order valence-corrected chi connectivity index (χ2v) is 5.94. The molecule has 0 atom stereocenters. The van der Waals surface area contributed by atoms with E-state index >= 15 is 0 Å². The Kier molecular flexibility index (Phi) is 5.09. The van der Waals surface area contributed by atoms with E-state index in [2.05, 4.69) is 28.3 Å². The fourth-order valence-corrected chi connectivity index (χ4v) is 2.50. The zero-order valence-electron chi connectivity index (χ0n) is 14.4. The summed E-state index contributed by atoms with van der Waals surface area (Å²) in [4.78, 5) is 22.3. The Hall–Kier alpha value is -3.15. The maximum absolute atomic E-state index is 12.3. The maximum Gasteiger partial charge on any atom is 0.317 e. The summed E-state index contributed by atoms with van der Waals surface area (Å²) in [6, 6.07) is 11.8. The van der Waals surface area contributed by atoms with E-state index in [0.717, 1.165) is 16.9 Å². The minimum absolute atomic E-state index is 0.109. The van der Waals surface area contributed by atoms with Gasteiger partial charge in [0.1, 0.15) is 12.1 Å². The van der Waals surface area contributed by atoms with Crippen LogP contribution in [0.2, 0.25) is 0 Å². The minimum atomic E-state index is -0.109. The third-order valence-corrected chi connectivity index (χ3v) is 4.04. The normalized spacial score (nSPS) is 10.5. The summed E-state index contributed by atoms with van der Waals surface area (Å²) in [5.41, 5.74) is 3.27. The van der Waals surface area contributed by atoms with Gasteiger partial charge in [-0.1, -0.05) is 30.3 Å². The van der Waals surface area contributed by atoms with Gasteiger partial charge in [-0.15, -0.1) is 0 Å². The largest absolute Gasteiger partial charge is 0.334 e. The van der Waals surface area contributed by atoms with Crippen LogP contribution in [0.4, 0.5) is 4.79 Å². The highest BCUT2D eigenvalue weighted by molar-refractivity contribution is 5.73.